The van der Waals surface area contributed by atoms with Gasteiger partial charge in [0.15, 0.2) is 0 Å². The third kappa shape index (κ3) is 4.42. The summed E-state index contributed by atoms with van der Waals surface area (Å²) < 4.78 is 1.31. The highest BCUT2D eigenvalue weighted by atomic mass is 16.2. The van der Waals surface area contributed by atoms with Crippen molar-refractivity contribution in [2.45, 2.75) is 38.6 Å². The SMILES string of the molecule is CC1C[C@@H](C(=O)NCC2CC=CCC2)N(C(=O)Nc2cn(C(N)=O)c3ccccc23)C1. The third-order valence-corrected chi connectivity index (χ3v) is 6.21. The molecule has 31 heavy (non-hydrogen) atoms. The molecule has 2 unspecified atom stereocenters. The second kappa shape index (κ2) is 8.83. The Bertz CT molecular complexity index is 1030. The number of primary amides is 1. The highest BCUT2D eigenvalue weighted by Gasteiger charge is 2.38. The molecule has 1 aliphatic carbocycles. The molecule has 8 nitrogen and oxygen atoms in total. The van der Waals surface area contributed by atoms with Gasteiger partial charge in [-0.05, 0) is 43.6 Å². The number of aromatic nitrogens is 1. The van der Waals surface area contributed by atoms with Gasteiger partial charge in [-0.25, -0.2) is 9.59 Å². The Hall–Kier alpha value is -3.29. The maximum atomic E-state index is 13.1. The van der Waals surface area contributed by atoms with Crippen LogP contribution in [-0.2, 0) is 4.79 Å². The molecule has 4 N–H and O–H groups in total. The van der Waals surface area contributed by atoms with Crippen molar-refractivity contribution in [1.29, 1.82) is 0 Å². The van der Waals surface area contributed by atoms with Crippen LogP contribution in [0.25, 0.3) is 10.9 Å². The summed E-state index contributed by atoms with van der Waals surface area (Å²) in [5.74, 6) is 0.578. The highest BCUT2D eigenvalue weighted by Crippen LogP contribution is 2.28. The van der Waals surface area contributed by atoms with E-state index in [0.717, 1.165) is 19.3 Å². The molecule has 2 aliphatic rings. The van der Waals surface area contributed by atoms with Crippen molar-refractivity contribution in [3.05, 3.63) is 42.6 Å². The van der Waals surface area contributed by atoms with Crippen LogP contribution in [0.3, 0.4) is 0 Å². The molecule has 1 aromatic carbocycles. The van der Waals surface area contributed by atoms with Gasteiger partial charge in [0.05, 0.1) is 11.2 Å². The summed E-state index contributed by atoms with van der Waals surface area (Å²) in [5.41, 5.74) is 6.58. The average molecular weight is 424 g/mol. The van der Waals surface area contributed by atoms with Gasteiger partial charge in [-0.3, -0.25) is 9.36 Å². The Balaban J connectivity index is 1.47. The number of benzene rings is 1. The van der Waals surface area contributed by atoms with Crippen LogP contribution >= 0.6 is 0 Å². The minimum absolute atomic E-state index is 0.103. The highest BCUT2D eigenvalue weighted by molar-refractivity contribution is 6.05. The predicted molar refractivity (Wildman–Crippen MR) is 120 cm³/mol. The number of hydrogen-bond acceptors (Lipinski definition) is 3. The van der Waals surface area contributed by atoms with Crippen molar-refractivity contribution in [3.63, 3.8) is 0 Å². The van der Waals surface area contributed by atoms with E-state index in [-0.39, 0.29) is 17.9 Å². The molecule has 1 aliphatic heterocycles. The third-order valence-electron chi connectivity index (χ3n) is 6.21. The molecule has 2 aromatic rings. The number of nitrogens with one attached hydrogen (secondary N) is 2. The first-order chi connectivity index (χ1) is 14.9. The lowest BCUT2D eigenvalue weighted by molar-refractivity contribution is -0.124. The number of nitrogens with two attached hydrogens (primary N) is 1. The Morgan fingerprint density at radius 3 is 2.74 bits per heavy atom. The van der Waals surface area contributed by atoms with Crippen LogP contribution in [0.1, 0.15) is 32.6 Å². The van der Waals surface area contributed by atoms with Crippen LogP contribution in [0.5, 0.6) is 0 Å². The normalized spacial score (nSPS) is 23.1. The van der Waals surface area contributed by atoms with E-state index in [0.29, 0.717) is 42.0 Å². The molecular formula is C23H29N5O3. The molecule has 0 radical (unpaired) electrons. The van der Waals surface area contributed by atoms with Crippen LogP contribution in [0.4, 0.5) is 15.3 Å². The summed E-state index contributed by atoms with van der Waals surface area (Å²) in [6, 6.07) is 5.75. The summed E-state index contributed by atoms with van der Waals surface area (Å²) in [7, 11) is 0. The van der Waals surface area contributed by atoms with Crippen molar-refractivity contribution in [3.8, 4) is 0 Å². The molecule has 3 atom stereocenters. The first-order valence-electron chi connectivity index (χ1n) is 10.8. The van der Waals surface area contributed by atoms with E-state index in [9.17, 15) is 14.4 Å². The molecule has 1 fully saturated rings. The quantitative estimate of drug-likeness (QED) is 0.657. The number of para-hydroxylation sites is 1. The second-order valence-corrected chi connectivity index (χ2v) is 8.60. The van der Waals surface area contributed by atoms with Crippen LogP contribution in [0, 0.1) is 11.8 Å². The number of carbonyl (C=O) groups excluding carboxylic acids is 3. The number of likely N-dealkylation sites (tertiary alicyclic amines) is 1. The fourth-order valence-electron chi connectivity index (χ4n) is 4.57. The van der Waals surface area contributed by atoms with Gasteiger partial charge in [0.1, 0.15) is 6.04 Å². The maximum Gasteiger partial charge on any atom is 0.323 e. The van der Waals surface area contributed by atoms with Crippen molar-refractivity contribution in [2.24, 2.45) is 17.6 Å². The van der Waals surface area contributed by atoms with Gasteiger partial charge < -0.3 is 21.3 Å². The number of fused-ring (bicyclic) bond motifs is 1. The van der Waals surface area contributed by atoms with E-state index in [1.54, 1.807) is 17.0 Å². The van der Waals surface area contributed by atoms with Crippen molar-refractivity contribution < 1.29 is 14.4 Å². The molecule has 4 amide bonds. The lowest BCUT2D eigenvalue weighted by atomic mass is 9.94. The number of hydrogen-bond donors (Lipinski definition) is 3. The Morgan fingerprint density at radius 1 is 1.19 bits per heavy atom. The fourth-order valence-corrected chi connectivity index (χ4v) is 4.57. The number of allylic oxidation sites excluding steroid dienone is 2. The van der Waals surface area contributed by atoms with E-state index < -0.39 is 12.1 Å². The summed E-state index contributed by atoms with van der Waals surface area (Å²) in [5, 5.41) is 6.65. The monoisotopic (exact) mass is 423 g/mol. The number of carbonyl (C=O) groups is 3. The van der Waals surface area contributed by atoms with E-state index in [4.69, 9.17) is 5.73 Å². The topological polar surface area (TPSA) is 109 Å². The van der Waals surface area contributed by atoms with Gasteiger partial charge in [0, 0.05) is 24.7 Å². The van der Waals surface area contributed by atoms with Gasteiger partial charge in [-0.2, -0.15) is 0 Å². The van der Waals surface area contributed by atoms with Gasteiger partial charge in [-0.1, -0.05) is 37.3 Å². The zero-order chi connectivity index (χ0) is 22.0. The summed E-state index contributed by atoms with van der Waals surface area (Å²) >= 11 is 0. The minimum atomic E-state index is -0.624. The predicted octanol–water partition coefficient (Wildman–Crippen LogP) is 3.28. The van der Waals surface area contributed by atoms with Gasteiger partial charge in [0.25, 0.3) is 0 Å². The molecule has 8 heteroatoms. The summed E-state index contributed by atoms with van der Waals surface area (Å²) in [6.45, 7) is 3.18. The van der Waals surface area contributed by atoms with Gasteiger partial charge >= 0.3 is 12.1 Å². The van der Waals surface area contributed by atoms with E-state index in [2.05, 4.69) is 22.8 Å². The molecule has 164 valence electrons. The molecule has 0 bridgehead atoms. The van der Waals surface area contributed by atoms with Crippen molar-refractivity contribution in [1.82, 2.24) is 14.8 Å². The molecule has 1 aromatic heterocycles. The number of rotatable bonds is 4. The van der Waals surface area contributed by atoms with E-state index in [1.165, 1.54) is 10.8 Å². The average Bonchev–Trinajstić information content (AvgIpc) is 3.34. The second-order valence-electron chi connectivity index (χ2n) is 8.60. The number of anilines is 1. The van der Waals surface area contributed by atoms with Gasteiger partial charge in [-0.15, -0.1) is 0 Å². The number of urea groups is 1. The molecule has 0 spiro atoms. The Labute approximate surface area is 181 Å². The maximum absolute atomic E-state index is 13.1. The van der Waals surface area contributed by atoms with E-state index in [1.807, 2.05) is 19.1 Å². The van der Waals surface area contributed by atoms with Crippen molar-refractivity contribution >= 4 is 34.6 Å². The molecular weight excluding hydrogens is 394 g/mol. The van der Waals surface area contributed by atoms with Crippen LogP contribution in [-0.4, -0.2) is 46.6 Å². The number of nitrogens with zero attached hydrogens (tertiary/aromatic N) is 2. The zero-order valence-electron chi connectivity index (χ0n) is 17.7. The first-order valence-corrected chi connectivity index (χ1v) is 10.8. The Kier molecular flexibility index (Phi) is 5.97. The zero-order valence-corrected chi connectivity index (χ0v) is 17.7. The lowest BCUT2D eigenvalue weighted by Gasteiger charge is -2.25. The standard InChI is InChI=1S/C23H29N5O3/c1-15-11-20(21(29)25-12-16-7-3-2-4-8-16)28(13-15)23(31)26-18-14-27(22(24)30)19-10-6-5-9-17(18)19/h2-3,5-6,9-10,14-16,20H,4,7-8,11-13H2,1H3,(H2,24,30)(H,25,29)(H,26,31)/t15?,16?,20-/m0/s1. The van der Waals surface area contributed by atoms with Crippen molar-refractivity contribution in [2.75, 3.05) is 18.4 Å². The molecule has 1 saturated heterocycles. The summed E-state index contributed by atoms with van der Waals surface area (Å²) in [6.07, 6.45) is 9.61. The Morgan fingerprint density at radius 2 is 2.00 bits per heavy atom. The minimum Gasteiger partial charge on any atom is -0.354 e. The van der Waals surface area contributed by atoms with Crippen LogP contribution in [0.2, 0.25) is 0 Å². The lowest BCUT2D eigenvalue weighted by Crippen LogP contribution is -2.48. The smallest absolute Gasteiger partial charge is 0.323 e. The van der Waals surface area contributed by atoms with Crippen LogP contribution in [0.15, 0.2) is 42.6 Å². The summed E-state index contributed by atoms with van der Waals surface area (Å²) in [4.78, 5) is 39.4. The fraction of sp³-hybridized carbons (Fsp3) is 0.435. The number of amides is 4. The van der Waals surface area contributed by atoms with E-state index >= 15 is 0 Å². The van der Waals surface area contributed by atoms with Crippen LogP contribution < -0.4 is 16.4 Å². The largest absolute Gasteiger partial charge is 0.354 e. The molecule has 0 saturated carbocycles. The molecule has 4 rings (SSSR count). The van der Waals surface area contributed by atoms with Gasteiger partial charge in [0.2, 0.25) is 5.91 Å². The first kappa shape index (κ1) is 21.0. The molecule has 2 heterocycles.